The van der Waals surface area contributed by atoms with E-state index < -0.39 is 0 Å². The summed E-state index contributed by atoms with van der Waals surface area (Å²) in [4.78, 5) is 0. The Hall–Kier alpha value is -0.520. The van der Waals surface area contributed by atoms with Crippen LogP contribution in [0.4, 0.5) is 0 Å². The average molecular weight is 232 g/mol. The van der Waals surface area contributed by atoms with Gasteiger partial charge in [0.25, 0.3) is 0 Å². The second kappa shape index (κ2) is 7.03. The monoisotopic (exact) mass is 232 g/mol. The molecule has 3 unspecified atom stereocenters. The summed E-state index contributed by atoms with van der Waals surface area (Å²) in [6, 6.07) is 0. The van der Waals surface area contributed by atoms with Gasteiger partial charge < -0.3 is 0 Å². The average Bonchev–Trinajstić information content (AvgIpc) is 2.94. The van der Waals surface area contributed by atoms with Gasteiger partial charge in [-0.3, -0.25) is 0 Å². The van der Waals surface area contributed by atoms with Crippen LogP contribution < -0.4 is 0 Å². The third-order valence-electron chi connectivity index (χ3n) is 4.65. The van der Waals surface area contributed by atoms with E-state index in [1.54, 1.807) is 0 Å². The molecule has 17 heavy (non-hydrogen) atoms. The number of fused-ring (bicyclic) bond motifs is 2. The zero-order valence-corrected chi connectivity index (χ0v) is 11.2. The molecular weight excluding hydrogens is 204 g/mol. The van der Waals surface area contributed by atoms with Gasteiger partial charge in [-0.15, -0.1) is 6.58 Å². The van der Waals surface area contributed by atoms with Gasteiger partial charge in [-0.2, -0.15) is 0 Å². The fourth-order valence-corrected chi connectivity index (χ4v) is 3.63. The van der Waals surface area contributed by atoms with Crippen LogP contribution in [0.5, 0.6) is 0 Å². The molecule has 0 nitrogen and oxygen atoms in total. The van der Waals surface area contributed by atoms with E-state index in [4.69, 9.17) is 0 Å². The van der Waals surface area contributed by atoms with Crippen LogP contribution in [-0.2, 0) is 0 Å². The molecule has 0 aromatic rings. The SMILES string of the molecule is C=CCCCCCCCCC1CC2C=CC1C2. The lowest BCUT2D eigenvalue weighted by atomic mass is 9.88. The largest absolute Gasteiger partial charge is 0.103 e. The maximum Gasteiger partial charge on any atom is -0.0199 e. The molecule has 0 amide bonds. The minimum Gasteiger partial charge on any atom is -0.103 e. The lowest BCUT2D eigenvalue weighted by Gasteiger charge is -2.17. The molecule has 0 heterocycles. The minimum absolute atomic E-state index is 0.962. The third kappa shape index (κ3) is 4.01. The Balaban J connectivity index is 1.42. The molecule has 3 atom stereocenters. The topological polar surface area (TPSA) is 0 Å². The second-order valence-electron chi connectivity index (χ2n) is 6.03. The summed E-state index contributed by atoms with van der Waals surface area (Å²) in [6.07, 6.45) is 21.3. The summed E-state index contributed by atoms with van der Waals surface area (Å²) >= 11 is 0. The highest BCUT2D eigenvalue weighted by atomic mass is 14.4. The van der Waals surface area contributed by atoms with Crippen LogP contribution in [-0.4, -0.2) is 0 Å². The van der Waals surface area contributed by atoms with Crippen molar-refractivity contribution in [2.24, 2.45) is 17.8 Å². The van der Waals surface area contributed by atoms with Crippen molar-refractivity contribution in [3.63, 3.8) is 0 Å². The van der Waals surface area contributed by atoms with Crippen LogP contribution in [0, 0.1) is 17.8 Å². The maximum absolute atomic E-state index is 3.77. The van der Waals surface area contributed by atoms with E-state index in [0.717, 1.165) is 17.8 Å². The van der Waals surface area contributed by atoms with E-state index in [1.165, 1.54) is 64.2 Å². The molecule has 0 N–H and O–H groups in total. The number of hydrogen-bond acceptors (Lipinski definition) is 0. The molecule has 0 radical (unpaired) electrons. The van der Waals surface area contributed by atoms with Gasteiger partial charge in [-0.25, -0.2) is 0 Å². The smallest absolute Gasteiger partial charge is 0.0199 e. The Labute approximate surface area is 107 Å². The van der Waals surface area contributed by atoms with Crippen LogP contribution in [0.1, 0.15) is 64.2 Å². The van der Waals surface area contributed by atoms with Gasteiger partial charge in [-0.1, -0.05) is 50.3 Å². The first-order valence-electron chi connectivity index (χ1n) is 7.69. The summed E-state index contributed by atoms with van der Waals surface area (Å²) in [6.45, 7) is 3.77. The highest BCUT2D eigenvalue weighted by molar-refractivity contribution is 5.09. The molecule has 0 saturated heterocycles. The minimum atomic E-state index is 0.962. The van der Waals surface area contributed by atoms with Gasteiger partial charge in [0, 0.05) is 0 Å². The number of hydrogen-bond donors (Lipinski definition) is 0. The van der Waals surface area contributed by atoms with E-state index in [-0.39, 0.29) is 0 Å². The highest BCUT2D eigenvalue weighted by Gasteiger charge is 2.34. The normalized spacial score (nSPS) is 30.0. The van der Waals surface area contributed by atoms with Gasteiger partial charge in [0.15, 0.2) is 0 Å². The van der Waals surface area contributed by atoms with Crippen LogP contribution >= 0.6 is 0 Å². The van der Waals surface area contributed by atoms with Gasteiger partial charge in [0.1, 0.15) is 0 Å². The van der Waals surface area contributed by atoms with Crippen LogP contribution in [0.25, 0.3) is 0 Å². The first kappa shape index (κ1) is 12.9. The maximum atomic E-state index is 3.77. The molecule has 0 aromatic heterocycles. The quantitative estimate of drug-likeness (QED) is 0.363. The zero-order chi connectivity index (χ0) is 11.9. The molecule has 2 bridgehead atoms. The summed E-state index contributed by atoms with van der Waals surface area (Å²) < 4.78 is 0. The van der Waals surface area contributed by atoms with Crippen molar-refractivity contribution >= 4 is 0 Å². The zero-order valence-electron chi connectivity index (χ0n) is 11.2. The van der Waals surface area contributed by atoms with Crippen molar-refractivity contribution in [3.8, 4) is 0 Å². The van der Waals surface area contributed by atoms with Crippen molar-refractivity contribution < 1.29 is 0 Å². The van der Waals surface area contributed by atoms with Crippen LogP contribution in [0.3, 0.4) is 0 Å². The van der Waals surface area contributed by atoms with Gasteiger partial charge in [-0.05, 0) is 49.9 Å². The van der Waals surface area contributed by atoms with E-state index in [1.807, 2.05) is 6.08 Å². The van der Waals surface area contributed by atoms with E-state index in [0.29, 0.717) is 0 Å². The summed E-state index contributed by atoms with van der Waals surface area (Å²) in [7, 11) is 0. The van der Waals surface area contributed by atoms with Crippen LogP contribution in [0.15, 0.2) is 24.8 Å². The second-order valence-corrected chi connectivity index (χ2v) is 6.03. The predicted molar refractivity (Wildman–Crippen MR) is 76.0 cm³/mol. The van der Waals surface area contributed by atoms with Crippen molar-refractivity contribution in [2.45, 2.75) is 64.2 Å². The molecule has 0 spiro atoms. The fourth-order valence-electron chi connectivity index (χ4n) is 3.63. The molecule has 1 saturated carbocycles. The fraction of sp³-hybridized carbons (Fsp3) is 0.765. The Kier molecular flexibility index (Phi) is 5.35. The predicted octanol–water partition coefficient (Wildman–Crippen LogP) is 5.51. The summed E-state index contributed by atoms with van der Waals surface area (Å²) in [5.41, 5.74) is 0. The summed E-state index contributed by atoms with van der Waals surface area (Å²) in [5, 5.41) is 0. The summed E-state index contributed by atoms with van der Waals surface area (Å²) in [5.74, 6) is 2.97. The molecule has 0 aromatic carbocycles. The molecule has 2 aliphatic rings. The first-order valence-corrected chi connectivity index (χ1v) is 7.69. The van der Waals surface area contributed by atoms with Crippen molar-refractivity contribution in [3.05, 3.63) is 24.8 Å². The Morgan fingerprint density at radius 2 is 1.71 bits per heavy atom. The highest BCUT2D eigenvalue weighted by Crippen LogP contribution is 2.45. The molecule has 0 aliphatic heterocycles. The standard InChI is InChI=1S/C17H28/c1-2-3-4-5-6-7-8-9-10-16-13-15-11-12-17(16)14-15/h2,11-12,15-17H,1,3-10,13-14H2. The van der Waals surface area contributed by atoms with E-state index in [2.05, 4.69) is 18.7 Å². The lowest BCUT2D eigenvalue weighted by Crippen LogP contribution is -2.06. The Morgan fingerprint density at radius 3 is 2.35 bits per heavy atom. The molecule has 96 valence electrons. The third-order valence-corrected chi connectivity index (χ3v) is 4.65. The Morgan fingerprint density at radius 1 is 0.941 bits per heavy atom. The molecule has 2 rings (SSSR count). The number of rotatable bonds is 9. The van der Waals surface area contributed by atoms with Crippen molar-refractivity contribution in [1.82, 2.24) is 0 Å². The van der Waals surface area contributed by atoms with E-state index in [9.17, 15) is 0 Å². The van der Waals surface area contributed by atoms with Gasteiger partial charge in [0.05, 0.1) is 0 Å². The van der Waals surface area contributed by atoms with Gasteiger partial charge in [0.2, 0.25) is 0 Å². The molecule has 1 fully saturated rings. The number of allylic oxidation sites excluding steroid dienone is 3. The Bertz CT molecular complexity index is 251. The van der Waals surface area contributed by atoms with Crippen LogP contribution in [0.2, 0.25) is 0 Å². The van der Waals surface area contributed by atoms with Gasteiger partial charge >= 0.3 is 0 Å². The molecule has 2 aliphatic carbocycles. The van der Waals surface area contributed by atoms with Crippen molar-refractivity contribution in [2.75, 3.05) is 0 Å². The molecular formula is C17H28. The lowest BCUT2D eigenvalue weighted by molar-refractivity contribution is 0.394. The molecule has 0 heteroatoms. The first-order chi connectivity index (χ1) is 8.40. The number of unbranched alkanes of at least 4 members (excludes halogenated alkanes) is 6. The van der Waals surface area contributed by atoms with Crippen molar-refractivity contribution in [1.29, 1.82) is 0 Å². The van der Waals surface area contributed by atoms with E-state index >= 15 is 0 Å².